The van der Waals surface area contributed by atoms with Gasteiger partial charge in [0.15, 0.2) is 0 Å². The minimum atomic E-state index is -0.353. The maximum Gasteiger partial charge on any atom is 0.322 e. The highest BCUT2D eigenvalue weighted by molar-refractivity contribution is 7.10. The molecule has 4 nitrogen and oxygen atoms in total. The summed E-state index contributed by atoms with van der Waals surface area (Å²) in [5, 5.41) is 10.9. The second-order valence-electron chi connectivity index (χ2n) is 1.39. The van der Waals surface area contributed by atoms with E-state index >= 15 is 0 Å². The van der Waals surface area contributed by atoms with Gasteiger partial charge in [-0.2, -0.15) is 0 Å². The molecule has 0 spiro atoms. The molecule has 0 aliphatic carbocycles. The molecule has 0 aromatic rings. The molecule has 0 heterocycles. The molecule has 0 amide bonds. The summed E-state index contributed by atoms with van der Waals surface area (Å²) in [7, 11) is 1.85. The van der Waals surface area contributed by atoms with Gasteiger partial charge in [-0.1, -0.05) is 0 Å². The van der Waals surface area contributed by atoms with Crippen LogP contribution < -0.4 is 5.32 Å². The zero-order chi connectivity index (χ0) is 7.11. The summed E-state index contributed by atoms with van der Waals surface area (Å²) in [5.74, 6) is -0.353. The average molecular weight is 151 g/mol. The first-order chi connectivity index (χ1) is 4.31. The first kappa shape index (κ1) is 8.82. The molecular weight excluding hydrogens is 141 g/mol. The predicted molar refractivity (Wildman–Crippen MR) is 35.8 cm³/mol. The largest absolute Gasteiger partial charge is 0.451 e. The zero-order valence-corrected chi connectivity index (χ0v) is 6.12. The molecule has 0 fully saturated rings. The van der Waals surface area contributed by atoms with Crippen LogP contribution in [0.2, 0.25) is 0 Å². The highest BCUT2D eigenvalue weighted by Crippen LogP contribution is 1.83. The molecule has 0 saturated carbocycles. The summed E-state index contributed by atoms with van der Waals surface area (Å²) in [5.41, 5.74) is 0. The molecule has 0 aromatic heterocycles. The van der Waals surface area contributed by atoms with E-state index in [1.807, 2.05) is 9.47 Å². The van der Waals surface area contributed by atoms with Crippen molar-refractivity contribution in [1.82, 2.24) is 5.32 Å². The first-order valence-electron chi connectivity index (χ1n) is 2.52. The smallest absolute Gasteiger partial charge is 0.322 e. The van der Waals surface area contributed by atoms with Crippen molar-refractivity contribution < 1.29 is 14.4 Å². The molecule has 0 rings (SSSR count). The summed E-state index contributed by atoms with van der Waals surface area (Å²) >= 11 is 0. The second kappa shape index (κ2) is 5.95. The standard InChI is InChI=1S/C4H10NO3P/c6-2-1-5-3-4(7)8-9/h5-6H,1-3,9H2. The van der Waals surface area contributed by atoms with E-state index in [-0.39, 0.29) is 19.1 Å². The Balaban J connectivity index is 2.97. The van der Waals surface area contributed by atoms with Crippen LogP contribution in [0.5, 0.6) is 0 Å². The first-order valence-corrected chi connectivity index (χ1v) is 2.99. The summed E-state index contributed by atoms with van der Waals surface area (Å²) in [6.45, 7) is 0.591. The van der Waals surface area contributed by atoms with Crippen molar-refractivity contribution in [2.75, 3.05) is 19.7 Å². The van der Waals surface area contributed by atoms with E-state index in [0.717, 1.165) is 0 Å². The summed E-state index contributed by atoms with van der Waals surface area (Å²) in [4.78, 5) is 10.3. The van der Waals surface area contributed by atoms with E-state index in [1.54, 1.807) is 0 Å². The van der Waals surface area contributed by atoms with Crippen molar-refractivity contribution >= 4 is 15.4 Å². The Kier molecular flexibility index (Phi) is 5.83. The normalized spacial score (nSPS) is 9.11. The van der Waals surface area contributed by atoms with Crippen LogP contribution in [0.4, 0.5) is 0 Å². The summed E-state index contributed by atoms with van der Waals surface area (Å²) in [6, 6.07) is 0. The number of hydrogen-bond acceptors (Lipinski definition) is 4. The van der Waals surface area contributed by atoms with Crippen molar-refractivity contribution in [2.45, 2.75) is 0 Å². The minimum Gasteiger partial charge on any atom is -0.451 e. The molecule has 0 bridgehead atoms. The van der Waals surface area contributed by atoms with Gasteiger partial charge in [-0.3, -0.25) is 4.79 Å². The Bertz CT molecular complexity index is 87.9. The molecule has 0 saturated heterocycles. The molecule has 2 N–H and O–H groups in total. The minimum absolute atomic E-state index is 0.0319. The van der Waals surface area contributed by atoms with E-state index in [2.05, 4.69) is 9.84 Å². The lowest BCUT2D eigenvalue weighted by Gasteiger charge is -1.98. The Morgan fingerprint density at radius 2 is 2.44 bits per heavy atom. The van der Waals surface area contributed by atoms with Gasteiger partial charge >= 0.3 is 5.97 Å². The third-order valence-electron chi connectivity index (χ3n) is 0.689. The Morgan fingerprint density at radius 3 is 2.89 bits per heavy atom. The van der Waals surface area contributed by atoms with E-state index in [0.29, 0.717) is 6.54 Å². The van der Waals surface area contributed by atoms with Gasteiger partial charge in [0.2, 0.25) is 0 Å². The topological polar surface area (TPSA) is 58.6 Å². The molecular formula is C4H10NO3P. The number of carbonyl (C=O) groups is 1. The van der Waals surface area contributed by atoms with Gasteiger partial charge in [-0.25, -0.2) is 0 Å². The fraction of sp³-hybridized carbons (Fsp3) is 0.750. The van der Waals surface area contributed by atoms with E-state index in [1.165, 1.54) is 0 Å². The van der Waals surface area contributed by atoms with Crippen LogP contribution in [-0.4, -0.2) is 30.8 Å². The molecule has 5 heteroatoms. The van der Waals surface area contributed by atoms with Gasteiger partial charge in [-0.15, -0.1) is 0 Å². The molecule has 0 radical (unpaired) electrons. The van der Waals surface area contributed by atoms with Gasteiger partial charge in [0.25, 0.3) is 0 Å². The second-order valence-corrected chi connectivity index (χ2v) is 1.63. The maximum absolute atomic E-state index is 10.3. The van der Waals surface area contributed by atoms with Crippen LogP contribution in [-0.2, 0) is 9.32 Å². The van der Waals surface area contributed by atoms with Gasteiger partial charge in [-0.05, 0) is 0 Å². The summed E-state index contributed by atoms with van der Waals surface area (Å²) < 4.78 is 4.23. The lowest BCUT2D eigenvalue weighted by molar-refractivity contribution is -0.132. The predicted octanol–water partition coefficient (Wildman–Crippen LogP) is -1.10. The molecule has 1 atom stereocenters. The zero-order valence-electron chi connectivity index (χ0n) is 4.96. The Hall–Kier alpha value is -0.180. The molecule has 1 unspecified atom stereocenters. The molecule has 54 valence electrons. The number of aliphatic hydroxyl groups excluding tert-OH is 1. The third-order valence-corrected chi connectivity index (χ3v) is 0.952. The molecule has 9 heavy (non-hydrogen) atoms. The number of rotatable bonds is 4. The van der Waals surface area contributed by atoms with Crippen LogP contribution in [0.25, 0.3) is 0 Å². The lowest BCUT2D eigenvalue weighted by atomic mass is 10.6. The number of nitrogens with one attached hydrogen (secondary N) is 1. The average Bonchev–Trinajstić information content (AvgIpc) is 1.89. The molecule has 0 aromatic carbocycles. The summed E-state index contributed by atoms with van der Waals surface area (Å²) in [6.07, 6.45) is 0. The Labute approximate surface area is 55.9 Å². The van der Waals surface area contributed by atoms with Crippen LogP contribution >= 0.6 is 9.47 Å². The van der Waals surface area contributed by atoms with Crippen LogP contribution in [0.3, 0.4) is 0 Å². The maximum atomic E-state index is 10.3. The van der Waals surface area contributed by atoms with Crippen LogP contribution in [0, 0.1) is 0 Å². The Morgan fingerprint density at radius 1 is 1.78 bits per heavy atom. The van der Waals surface area contributed by atoms with Crippen molar-refractivity contribution in [2.24, 2.45) is 0 Å². The van der Waals surface area contributed by atoms with Gasteiger partial charge in [0.05, 0.1) is 22.6 Å². The van der Waals surface area contributed by atoms with Crippen molar-refractivity contribution in [3.63, 3.8) is 0 Å². The monoisotopic (exact) mass is 151 g/mol. The van der Waals surface area contributed by atoms with E-state index < -0.39 is 0 Å². The highest BCUT2D eigenvalue weighted by Gasteiger charge is 1.95. The van der Waals surface area contributed by atoms with Gasteiger partial charge in [0, 0.05) is 6.54 Å². The molecule has 0 aliphatic rings. The van der Waals surface area contributed by atoms with Crippen LogP contribution in [0.15, 0.2) is 0 Å². The SMILES string of the molecule is O=C(CNCCO)OP. The van der Waals surface area contributed by atoms with E-state index in [4.69, 9.17) is 5.11 Å². The van der Waals surface area contributed by atoms with Gasteiger partial charge < -0.3 is 14.9 Å². The lowest BCUT2D eigenvalue weighted by Crippen LogP contribution is -2.25. The van der Waals surface area contributed by atoms with Gasteiger partial charge in [0.1, 0.15) is 0 Å². The van der Waals surface area contributed by atoms with Crippen molar-refractivity contribution in [1.29, 1.82) is 0 Å². The quantitative estimate of drug-likeness (QED) is 0.395. The van der Waals surface area contributed by atoms with E-state index in [9.17, 15) is 4.79 Å². The fourth-order valence-electron chi connectivity index (χ4n) is 0.311. The fourth-order valence-corrected chi connectivity index (χ4v) is 0.395. The van der Waals surface area contributed by atoms with Crippen molar-refractivity contribution in [3.8, 4) is 0 Å². The number of hydrogen-bond donors (Lipinski definition) is 2. The molecule has 0 aliphatic heterocycles. The number of aliphatic hydroxyl groups is 1. The highest BCUT2D eigenvalue weighted by atomic mass is 31.0. The van der Waals surface area contributed by atoms with Crippen molar-refractivity contribution in [3.05, 3.63) is 0 Å². The van der Waals surface area contributed by atoms with Crippen LogP contribution in [0.1, 0.15) is 0 Å². The third kappa shape index (κ3) is 5.69. The number of carbonyl (C=O) groups excluding carboxylic acids is 1.